The summed E-state index contributed by atoms with van der Waals surface area (Å²) in [5.41, 5.74) is 5.96. The Hall–Kier alpha value is -0.730. The summed E-state index contributed by atoms with van der Waals surface area (Å²) in [7, 11) is -3.54. The van der Waals surface area contributed by atoms with Crippen molar-refractivity contribution in [2.45, 2.75) is 4.90 Å². The Kier molecular flexibility index (Phi) is 4.42. The molecular weight excluding hydrogens is 308 g/mol. The minimum absolute atomic E-state index is 0.138. The standard InChI is InChI=1S/C11H13ClN2O3S2/c12-10-7-8(1-2-9(10)11(13)18)19(15,16)14-3-5-17-6-4-14/h1-2,7H,3-6H2,(H2,13,18). The average Bonchev–Trinajstić information content (AvgIpc) is 2.39. The number of thiocarbonyl (C=S) groups is 1. The van der Waals surface area contributed by atoms with Crippen LogP contribution in [0.4, 0.5) is 0 Å². The predicted octanol–water partition coefficient (Wildman–Crippen LogP) is 0.995. The van der Waals surface area contributed by atoms with E-state index in [0.29, 0.717) is 31.9 Å². The topological polar surface area (TPSA) is 72.6 Å². The van der Waals surface area contributed by atoms with Crippen LogP contribution >= 0.6 is 23.8 Å². The summed E-state index contributed by atoms with van der Waals surface area (Å²) < 4.78 is 31.3. The van der Waals surface area contributed by atoms with E-state index in [0.717, 1.165) is 0 Å². The van der Waals surface area contributed by atoms with E-state index in [2.05, 4.69) is 0 Å². The Morgan fingerprint density at radius 2 is 2.00 bits per heavy atom. The molecule has 1 aliphatic heterocycles. The van der Waals surface area contributed by atoms with E-state index in [4.69, 9.17) is 34.3 Å². The zero-order valence-electron chi connectivity index (χ0n) is 10.0. The van der Waals surface area contributed by atoms with Crippen LogP contribution in [0.25, 0.3) is 0 Å². The number of nitrogens with two attached hydrogens (primary N) is 1. The number of rotatable bonds is 3. The smallest absolute Gasteiger partial charge is 0.243 e. The highest BCUT2D eigenvalue weighted by molar-refractivity contribution is 7.89. The van der Waals surface area contributed by atoms with Crippen molar-refractivity contribution in [3.8, 4) is 0 Å². The fourth-order valence-electron chi connectivity index (χ4n) is 1.79. The van der Waals surface area contributed by atoms with Gasteiger partial charge in [-0.1, -0.05) is 23.8 Å². The van der Waals surface area contributed by atoms with Crippen molar-refractivity contribution in [3.63, 3.8) is 0 Å². The number of ether oxygens (including phenoxy) is 1. The van der Waals surface area contributed by atoms with Gasteiger partial charge in [0, 0.05) is 18.7 Å². The lowest BCUT2D eigenvalue weighted by Gasteiger charge is -2.26. The number of benzene rings is 1. The second-order valence-electron chi connectivity index (χ2n) is 4.02. The van der Waals surface area contributed by atoms with Crippen molar-refractivity contribution in [2.75, 3.05) is 26.3 Å². The summed E-state index contributed by atoms with van der Waals surface area (Å²) in [6.07, 6.45) is 0. The second kappa shape index (κ2) is 5.72. The average molecular weight is 321 g/mol. The van der Waals surface area contributed by atoms with Gasteiger partial charge in [0.25, 0.3) is 0 Å². The molecule has 0 amide bonds. The first kappa shape index (κ1) is 14.7. The molecule has 1 aliphatic rings. The van der Waals surface area contributed by atoms with E-state index in [-0.39, 0.29) is 14.9 Å². The zero-order chi connectivity index (χ0) is 14.0. The summed E-state index contributed by atoms with van der Waals surface area (Å²) in [4.78, 5) is 0.278. The first-order chi connectivity index (χ1) is 8.93. The van der Waals surface area contributed by atoms with Crippen LogP contribution in [0.1, 0.15) is 5.56 Å². The third-order valence-electron chi connectivity index (χ3n) is 2.81. The summed E-state index contributed by atoms with van der Waals surface area (Å²) in [6, 6.07) is 4.37. The van der Waals surface area contributed by atoms with E-state index in [1.165, 1.54) is 22.5 Å². The molecule has 0 spiro atoms. The summed E-state index contributed by atoms with van der Waals surface area (Å²) in [6.45, 7) is 1.49. The maximum Gasteiger partial charge on any atom is 0.243 e. The molecule has 0 aliphatic carbocycles. The Bertz CT molecular complexity index is 598. The van der Waals surface area contributed by atoms with Crippen LogP contribution in [0.5, 0.6) is 0 Å². The monoisotopic (exact) mass is 320 g/mol. The first-order valence-electron chi connectivity index (χ1n) is 5.60. The molecule has 0 aromatic heterocycles. The number of hydrogen-bond acceptors (Lipinski definition) is 4. The summed E-state index contributed by atoms with van der Waals surface area (Å²) in [5.74, 6) is 0. The normalized spacial score (nSPS) is 17.3. The minimum atomic E-state index is -3.54. The molecule has 1 saturated heterocycles. The molecule has 0 atom stereocenters. The molecule has 1 heterocycles. The highest BCUT2D eigenvalue weighted by Crippen LogP contribution is 2.23. The molecule has 2 rings (SSSR count). The van der Waals surface area contributed by atoms with Crippen LogP contribution < -0.4 is 5.73 Å². The number of nitrogens with zero attached hydrogens (tertiary/aromatic N) is 1. The lowest BCUT2D eigenvalue weighted by Crippen LogP contribution is -2.40. The van der Waals surface area contributed by atoms with E-state index in [9.17, 15) is 8.42 Å². The van der Waals surface area contributed by atoms with Crippen LogP contribution in [0.3, 0.4) is 0 Å². The van der Waals surface area contributed by atoms with Crippen LogP contribution in [0.2, 0.25) is 5.02 Å². The van der Waals surface area contributed by atoms with Crippen molar-refractivity contribution in [2.24, 2.45) is 5.73 Å². The van der Waals surface area contributed by atoms with Gasteiger partial charge in [-0.3, -0.25) is 0 Å². The maximum absolute atomic E-state index is 12.4. The van der Waals surface area contributed by atoms with Crippen LogP contribution in [-0.2, 0) is 14.8 Å². The van der Waals surface area contributed by atoms with E-state index >= 15 is 0 Å². The summed E-state index contributed by atoms with van der Waals surface area (Å²) >= 11 is 10.8. The molecule has 1 aromatic rings. The van der Waals surface area contributed by atoms with Gasteiger partial charge >= 0.3 is 0 Å². The lowest BCUT2D eigenvalue weighted by molar-refractivity contribution is 0.0730. The Labute approximate surface area is 122 Å². The molecule has 104 valence electrons. The fourth-order valence-corrected chi connectivity index (χ4v) is 3.81. The van der Waals surface area contributed by atoms with E-state index in [1.54, 1.807) is 0 Å². The number of hydrogen-bond donors (Lipinski definition) is 1. The van der Waals surface area contributed by atoms with Gasteiger partial charge in [-0.2, -0.15) is 4.31 Å². The van der Waals surface area contributed by atoms with Crippen molar-refractivity contribution in [3.05, 3.63) is 28.8 Å². The quantitative estimate of drug-likeness (QED) is 0.841. The molecule has 19 heavy (non-hydrogen) atoms. The van der Waals surface area contributed by atoms with Gasteiger partial charge in [0.1, 0.15) is 4.99 Å². The zero-order valence-corrected chi connectivity index (χ0v) is 12.4. The van der Waals surface area contributed by atoms with Crippen LogP contribution in [0, 0.1) is 0 Å². The van der Waals surface area contributed by atoms with Crippen LogP contribution in [0.15, 0.2) is 23.1 Å². The van der Waals surface area contributed by atoms with Gasteiger partial charge in [0.2, 0.25) is 10.0 Å². The highest BCUT2D eigenvalue weighted by atomic mass is 35.5. The van der Waals surface area contributed by atoms with Gasteiger partial charge in [-0.05, 0) is 18.2 Å². The number of sulfonamides is 1. The maximum atomic E-state index is 12.4. The third-order valence-corrected chi connectivity index (χ3v) is 5.24. The lowest BCUT2D eigenvalue weighted by atomic mass is 10.2. The van der Waals surface area contributed by atoms with Gasteiger partial charge in [0.05, 0.1) is 23.1 Å². The van der Waals surface area contributed by atoms with Gasteiger partial charge in [-0.25, -0.2) is 8.42 Å². The first-order valence-corrected chi connectivity index (χ1v) is 7.83. The highest BCUT2D eigenvalue weighted by Gasteiger charge is 2.26. The molecule has 0 radical (unpaired) electrons. The van der Waals surface area contributed by atoms with Crippen molar-refractivity contribution in [1.29, 1.82) is 0 Å². The number of morpholine rings is 1. The van der Waals surface area contributed by atoms with E-state index in [1.807, 2.05) is 0 Å². The van der Waals surface area contributed by atoms with Crippen LogP contribution in [-0.4, -0.2) is 44.0 Å². The largest absolute Gasteiger partial charge is 0.389 e. The van der Waals surface area contributed by atoms with Gasteiger partial charge < -0.3 is 10.5 Å². The summed E-state index contributed by atoms with van der Waals surface area (Å²) in [5, 5.41) is 0.238. The predicted molar refractivity (Wildman–Crippen MR) is 76.9 cm³/mol. The van der Waals surface area contributed by atoms with Crippen molar-refractivity contribution < 1.29 is 13.2 Å². The fraction of sp³-hybridized carbons (Fsp3) is 0.364. The molecule has 1 aromatic carbocycles. The molecule has 0 bridgehead atoms. The van der Waals surface area contributed by atoms with Gasteiger partial charge in [0.15, 0.2) is 0 Å². The molecule has 0 saturated carbocycles. The Morgan fingerprint density at radius 3 is 2.53 bits per heavy atom. The third kappa shape index (κ3) is 3.06. The Morgan fingerprint density at radius 1 is 1.37 bits per heavy atom. The van der Waals surface area contributed by atoms with Crippen molar-refractivity contribution >= 4 is 38.8 Å². The Balaban J connectivity index is 2.35. The molecule has 5 nitrogen and oxygen atoms in total. The molecule has 2 N–H and O–H groups in total. The number of halogens is 1. The van der Waals surface area contributed by atoms with E-state index < -0.39 is 10.0 Å². The molecule has 0 unspecified atom stereocenters. The molecule has 8 heteroatoms. The minimum Gasteiger partial charge on any atom is -0.389 e. The van der Waals surface area contributed by atoms with Gasteiger partial charge in [-0.15, -0.1) is 0 Å². The SMILES string of the molecule is NC(=S)c1ccc(S(=O)(=O)N2CCOCC2)cc1Cl. The van der Waals surface area contributed by atoms with Crippen molar-refractivity contribution in [1.82, 2.24) is 4.31 Å². The molecule has 1 fully saturated rings. The molecular formula is C11H13ClN2O3S2. The second-order valence-corrected chi connectivity index (χ2v) is 6.81.